The second kappa shape index (κ2) is 6.73. The molecule has 0 spiro atoms. The summed E-state index contributed by atoms with van der Waals surface area (Å²) in [4.78, 5) is 23.3. The first-order valence-corrected chi connectivity index (χ1v) is 9.13. The van der Waals surface area contributed by atoms with E-state index in [4.69, 9.17) is 0 Å². The van der Waals surface area contributed by atoms with Gasteiger partial charge in [0.2, 0.25) is 10.0 Å². The Bertz CT molecular complexity index is 1160. The van der Waals surface area contributed by atoms with Gasteiger partial charge in [0, 0.05) is 38.6 Å². The maximum Gasteiger partial charge on any atom is 0.330 e. The average Bonchev–Trinajstić information content (AvgIpc) is 3.11. The lowest BCUT2D eigenvalue weighted by Crippen LogP contribution is -2.41. The monoisotopic (exact) mass is 375 g/mol. The van der Waals surface area contributed by atoms with E-state index in [0.717, 1.165) is 21.0 Å². The van der Waals surface area contributed by atoms with Gasteiger partial charge in [-0.1, -0.05) is 18.2 Å². The summed E-state index contributed by atoms with van der Waals surface area (Å²) in [5, 5.41) is 4.19. The Kier molecular flexibility index (Phi) is 4.62. The average molecular weight is 375 g/mol. The molecule has 0 bridgehead atoms. The zero-order chi connectivity index (χ0) is 18.9. The van der Waals surface area contributed by atoms with E-state index in [2.05, 4.69) is 9.82 Å². The predicted molar refractivity (Wildman–Crippen MR) is 94.5 cm³/mol. The second-order valence-electron chi connectivity index (χ2n) is 5.70. The Balaban J connectivity index is 1.83. The van der Waals surface area contributed by atoms with Gasteiger partial charge in [-0.05, 0) is 12.1 Å². The number of aryl methyl sites for hydroxylation is 1. The minimum absolute atomic E-state index is 0.0405. The number of aromatic nitrogens is 4. The standard InChI is InChI=1S/C16H17N5O4S/c1-19-11-14(15(22)20(2)16(19)23)26(24,25)18-9-12-8-17-21(10-12)13-6-4-3-5-7-13/h3-8,10-11,18H,9H2,1-2H3. The predicted octanol–water partition coefficient (Wildman–Crippen LogP) is -0.252. The number of hydrogen-bond donors (Lipinski definition) is 1. The van der Waals surface area contributed by atoms with Crippen LogP contribution in [-0.4, -0.2) is 27.3 Å². The lowest BCUT2D eigenvalue weighted by atomic mass is 10.3. The molecular formula is C16H17N5O4S. The van der Waals surface area contributed by atoms with Gasteiger partial charge in [0.15, 0.2) is 4.90 Å². The number of rotatable bonds is 5. The van der Waals surface area contributed by atoms with E-state index < -0.39 is 26.2 Å². The van der Waals surface area contributed by atoms with Crippen LogP contribution in [0.4, 0.5) is 0 Å². The lowest BCUT2D eigenvalue weighted by Gasteiger charge is -2.08. The molecule has 2 aromatic heterocycles. The van der Waals surface area contributed by atoms with E-state index in [-0.39, 0.29) is 6.54 Å². The summed E-state index contributed by atoms with van der Waals surface area (Å²) in [6.45, 7) is -0.0405. The van der Waals surface area contributed by atoms with Crippen LogP contribution in [0.25, 0.3) is 5.69 Å². The summed E-state index contributed by atoms with van der Waals surface area (Å²) in [6.07, 6.45) is 4.24. The van der Waals surface area contributed by atoms with Crippen molar-refractivity contribution < 1.29 is 8.42 Å². The van der Waals surface area contributed by atoms with Crippen molar-refractivity contribution in [2.75, 3.05) is 0 Å². The molecule has 0 atom stereocenters. The lowest BCUT2D eigenvalue weighted by molar-refractivity contribution is 0.570. The molecule has 1 N–H and O–H groups in total. The third kappa shape index (κ3) is 3.37. The van der Waals surface area contributed by atoms with Crippen molar-refractivity contribution in [3.8, 4) is 5.69 Å². The minimum Gasteiger partial charge on any atom is -0.302 e. The molecule has 10 heteroatoms. The van der Waals surface area contributed by atoms with Crippen LogP contribution in [0.1, 0.15) is 5.56 Å². The Labute approximate surface area is 149 Å². The zero-order valence-electron chi connectivity index (χ0n) is 14.2. The summed E-state index contributed by atoms with van der Waals surface area (Å²) in [7, 11) is -1.48. The fourth-order valence-corrected chi connectivity index (χ4v) is 3.56. The molecule has 9 nitrogen and oxygen atoms in total. The smallest absolute Gasteiger partial charge is 0.302 e. The number of nitrogens with one attached hydrogen (secondary N) is 1. The third-order valence-corrected chi connectivity index (χ3v) is 5.21. The highest BCUT2D eigenvalue weighted by molar-refractivity contribution is 7.89. The third-order valence-electron chi connectivity index (χ3n) is 3.83. The van der Waals surface area contributed by atoms with Crippen molar-refractivity contribution in [1.29, 1.82) is 0 Å². The van der Waals surface area contributed by atoms with E-state index in [0.29, 0.717) is 5.56 Å². The van der Waals surface area contributed by atoms with Crippen LogP contribution in [0.2, 0.25) is 0 Å². The van der Waals surface area contributed by atoms with Crippen LogP contribution in [0.5, 0.6) is 0 Å². The molecule has 3 rings (SSSR count). The molecule has 0 unspecified atom stereocenters. The van der Waals surface area contributed by atoms with Crippen molar-refractivity contribution in [3.63, 3.8) is 0 Å². The van der Waals surface area contributed by atoms with Crippen molar-refractivity contribution >= 4 is 10.0 Å². The maximum atomic E-state index is 12.5. The van der Waals surface area contributed by atoms with Gasteiger partial charge in [-0.2, -0.15) is 5.10 Å². The molecule has 0 amide bonds. The number of hydrogen-bond acceptors (Lipinski definition) is 5. The number of sulfonamides is 1. The number of benzene rings is 1. The number of nitrogens with zero attached hydrogens (tertiary/aromatic N) is 4. The van der Waals surface area contributed by atoms with Gasteiger partial charge in [0.05, 0.1) is 11.9 Å². The summed E-state index contributed by atoms with van der Waals surface area (Å²) >= 11 is 0. The first-order valence-electron chi connectivity index (χ1n) is 7.65. The summed E-state index contributed by atoms with van der Waals surface area (Å²) in [5.74, 6) is 0. The highest BCUT2D eigenvalue weighted by Crippen LogP contribution is 2.08. The highest BCUT2D eigenvalue weighted by Gasteiger charge is 2.21. The molecule has 2 heterocycles. The minimum atomic E-state index is -4.09. The molecule has 0 radical (unpaired) electrons. The highest BCUT2D eigenvalue weighted by atomic mass is 32.2. The molecule has 0 aliphatic heterocycles. The maximum absolute atomic E-state index is 12.5. The normalized spacial score (nSPS) is 11.6. The largest absolute Gasteiger partial charge is 0.330 e. The van der Waals surface area contributed by atoms with Crippen molar-refractivity contribution in [3.05, 3.63) is 75.3 Å². The van der Waals surface area contributed by atoms with E-state index in [1.165, 1.54) is 20.3 Å². The molecule has 3 aromatic rings. The molecule has 0 aliphatic carbocycles. The van der Waals surface area contributed by atoms with E-state index in [9.17, 15) is 18.0 Å². The molecule has 0 saturated heterocycles. The van der Waals surface area contributed by atoms with Gasteiger partial charge < -0.3 is 4.57 Å². The van der Waals surface area contributed by atoms with E-state index in [1.807, 2.05) is 30.3 Å². The van der Waals surface area contributed by atoms with Gasteiger partial charge in [0.1, 0.15) is 0 Å². The van der Waals surface area contributed by atoms with Gasteiger partial charge in [-0.15, -0.1) is 0 Å². The van der Waals surface area contributed by atoms with Crippen LogP contribution in [0.15, 0.2) is 63.4 Å². The van der Waals surface area contributed by atoms with Crippen molar-refractivity contribution in [2.45, 2.75) is 11.4 Å². The van der Waals surface area contributed by atoms with Crippen LogP contribution in [0, 0.1) is 0 Å². The van der Waals surface area contributed by atoms with Crippen LogP contribution < -0.4 is 16.0 Å². The fourth-order valence-electron chi connectivity index (χ4n) is 2.39. The molecule has 0 aliphatic rings. The first-order chi connectivity index (χ1) is 12.3. The Hall–Kier alpha value is -2.98. The Morgan fingerprint density at radius 1 is 1.08 bits per heavy atom. The molecular weight excluding hydrogens is 358 g/mol. The Morgan fingerprint density at radius 2 is 1.77 bits per heavy atom. The fraction of sp³-hybridized carbons (Fsp3) is 0.188. The molecule has 136 valence electrons. The topological polar surface area (TPSA) is 108 Å². The first kappa shape index (κ1) is 17.8. The summed E-state index contributed by atoms with van der Waals surface area (Å²) < 4.78 is 30.7. The summed E-state index contributed by atoms with van der Waals surface area (Å²) in [5.41, 5.74) is -0.00808. The van der Waals surface area contributed by atoms with Crippen LogP contribution in [-0.2, 0) is 30.7 Å². The van der Waals surface area contributed by atoms with Crippen molar-refractivity contribution in [1.82, 2.24) is 23.6 Å². The summed E-state index contributed by atoms with van der Waals surface area (Å²) in [6, 6.07) is 9.36. The quantitative estimate of drug-likeness (QED) is 0.661. The SMILES string of the molecule is Cn1cc(S(=O)(=O)NCc2cnn(-c3ccccc3)c2)c(=O)n(C)c1=O. The van der Waals surface area contributed by atoms with Gasteiger partial charge >= 0.3 is 5.69 Å². The van der Waals surface area contributed by atoms with E-state index >= 15 is 0 Å². The van der Waals surface area contributed by atoms with E-state index in [1.54, 1.807) is 10.9 Å². The molecule has 26 heavy (non-hydrogen) atoms. The second-order valence-corrected chi connectivity index (χ2v) is 7.44. The van der Waals surface area contributed by atoms with Crippen LogP contribution >= 0.6 is 0 Å². The van der Waals surface area contributed by atoms with Gasteiger partial charge in [0.25, 0.3) is 5.56 Å². The van der Waals surface area contributed by atoms with Crippen LogP contribution in [0.3, 0.4) is 0 Å². The zero-order valence-corrected chi connectivity index (χ0v) is 15.0. The number of para-hydroxylation sites is 1. The molecule has 1 aromatic carbocycles. The Morgan fingerprint density at radius 3 is 2.46 bits per heavy atom. The van der Waals surface area contributed by atoms with Gasteiger partial charge in [-0.3, -0.25) is 9.36 Å². The van der Waals surface area contributed by atoms with Crippen molar-refractivity contribution in [2.24, 2.45) is 14.1 Å². The van der Waals surface area contributed by atoms with Gasteiger partial charge in [-0.25, -0.2) is 22.6 Å². The molecule has 0 saturated carbocycles. The molecule has 0 fully saturated rings.